The molecule has 1 amide bonds. The van der Waals surface area contributed by atoms with Crippen molar-refractivity contribution < 1.29 is 13.6 Å². The number of hydrogen-bond acceptors (Lipinski definition) is 4. The Kier molecular flexibility index (Phi) is 4.75. The fraction of sp³-hybridized carbons (Fsp3) is 0.0909. The van der Waals surface area contributed by atoms with Gasteiger partial charge in [0, 0.05) is 11.6 Å². The normalized spacial score (nSPS) is 11.4. The molecule has 6 heteroatoms. The van der Waals surface area contributed by atoms with E-state index in [0.29, 0.717) is 22.4 Å². The smallest absolute Gasteiger partial charge is 0.248 e. The zero-order valence-corrected chi connectivity index (χ0v) is 16.1. The van der Waals surface area contributed by atoms with Gasteiger partial charge in [-0.15, -0.1) is 0 Å². The molecule has 28 heavy (non-hydrogen) atoms. The average Bonchev–Trinajstić information content (AvgIpc) is 3.32. The molecular weight excluding hydrogens is 376 g/mol. The van der Waals surface area contributed by atoms with Gasteiger partial charge in [0.05, 0.1) is 17.0 Å². The number of rotatable bonds is 4. The van der Waals surface area contributed by atoms with Crippen molar-refractivity contribution in [1.82, 2.24) is 4.98 Å². The Hall–Kier alpha value is -3.31. The van der Waals surface area contributed by atoms with Crippen molar-refractivity contribution in [3.8, 4) is 11.5 Å². The molecule has 0 aliphatic carbocycles. The first-order valence-electron chi connectivity index (χ1n) is 8.70. The number of aromatic nitrogens is 1. The van der Waals surface area contributed by atoms with Crippen LogP contribution in [0.3, 0.4) is 0 Å². The number of nitrogens with zero attached hydrogens (tertiary/aromatic N) is 1. The predicted molar refractivity (Wildman–Crippen MR) is 110 cm³/mol. The topological polar surface area (TPSA) is 68.3 Å². The van der Waals surface area contributed by atoms with Crippen molar-refractivity contribution in [1.29, 1.82) is 0 Å². The Morgan fingerprint density at radius 1 is 1.14 bits per heavy atom. The Balaban J connectivity index is 1.61. The van der Waals surface area contributed by atoms with E-state index in [4.69, 9.17) is 20.4 Å². The number of aryl methyl sites for hydroxylation is 2. The Morgan fingerprint density at radius 3 is 2.75 bits per heavy atom. The van der Waals surface area contributed by atoms with E-state index in [2.05, 4.69) is 10.3 Å². The van der Waals surface area contributed by atoms with Crippen molar-refractivity contribution in [2.24, 2.45) is 0 Å². The summed E-state index contributed by atoms with van der Waals surface area (Å²) in [5, 5.41) is 3.19. The van der Waals surface area contributed by atoms with Crippen LogP contribution >= 0.6 is 11.6 Å². The molecule has 0 atom stereocenters. The second kappa shape index (κ2) is 7.37. The largest absolute Gasteiger partial charge is 0.465 e. The van der Waals surface area contributed by atoms with E-state index in [1.165, 1.54) is 6.08 Å². The van der Waals surface area contributed by atoms with Crippen molar-refractivity contribution in [2.75, 3.05) is 5.32 Å². The second-order valence-electron chi connectivity index (χ2n) is 6.46. The molecule has 1 N–H and O–H groups in total. The van der Waals surface area contributed by atoms with E-state index in [1.54, 1.807) is 42.7 Å². The molecule has 2 aromatic carbocycles. The number of hydrogen-bond donors (Lipinski definition) is 1. The third-order valence-electron chi connectivity index (χ3n) is 4.42. The summed E-state index contributed by atoms with van der Waals surface area (Å²) in [6.07, 6.45) is 4.51. The van der Waals surface area contributed by atoms with Crippen LogP contribution in [0.5, 0.6) is 0 Å². The summed E-state index contributed by atoms with van der Waals surface area (Å²) in [7, 11) is 0. The van der Waals surface area contributed by atoms with Crippen molar-refractivity contribution in [2.45, 2.75) is 13.8 Å². The van der Waals surface area contributed by atoms with Gasteiger partial charge in [0.1, 0.15) is 11.3 Å². The number of nitrogens with one attached hydrogen (secondary N) is 1. The molecule has 2 heterocycles. The molecule has 0 unspecified atom stereocenters. The molecular formula is C22H17ClN2O3. The van der Waals surface area contributed by atoms with E-state index in [0.717, 1.165) is 27.8 Å². The third kappa shape index (κ3) is 3.70. The highest BCUT2D eigenvalue weighted by Crippen LogP contribution is 2.31. The van der Waals surface area contributed by atoms with Gasteiger partial charge in [-0.25, -0.2) is 4.98 Å². The molecule has 4 rings (SSSR count). The van der Waals surface area contributed by atoms with Gasteiger partial charge < -0.3 is 14.2 Å². The number of carbonyl (C=O) groups excluding carboxylic acids is 1. The highest BCUT2D eigenvalue weighted by atomic mass is 35.5. The van der Waals surface area contributed by atoms with Crippen LogP contribution in [0.2, 0.25) is 5.02 Å². The summed E-state index contributed by atoms with van der Waals surface area (Å²) in [4.78, 5) is 16.7. The van der Waals surface area contributed by atoms with Gasteiger partial charge in [-0.3, -0.25) is 4.79 Å². The second-order valence-corrected chi connectivity index (χ2v) is 6.86. The van der Waals surface area contributed by atoms with E-state index in [1.807, 2.05) is 26.0 Å². The molecule has 0 saturated carbocycles. The Morgan fingerprint density at radius 2 is 1.96 bits per heavy atom. The first kappa shape index (κ1) is 18.1. The molecule has 0 aliphatic rings. The number of anilines is 1. The quantitative estimate of drug-likeness (QED) is 0.432. The molecule has 5 nitrogen and oxygen atoms in total. The maximum atomic E-state index is 12.2. The minimum absolute atomic E-state index is 0.320. The fourth-order valence-corrected chi connectivity index (χ4v) is 2.94. The Labute approximate surface area is 166 Å². The number of oxazole rings is 1. The van der Waals surface area contributed by atoms with Gasteiger partial charge >= 0.3 is 0 Å². The molecule has 2 aromatic heterocycles. The molecule has 140 valence electrons. The number of benzene rings is 2. The van der Waals surface area contributed by atoms with Crippen molar-refractivity contribution >= 4 is 40.4 Å². The summed E-state index contributed by atoms with van der Waals surface area (Å²) in [6.45, 7) is 4.07. The van der Waals surface area contributed by atoms with E-state index in [9.17, 15) is 4.79 Å². The van der Waals surface area contributed by atoms with E-state index < -0.39 is 0 Å². The van der Waals surface area contributed by atoms with Crippen LogP contribution in [0.4, 0.5) is 5.69 Å². The maximum Gasteiger partial charge on any atom is 0.248 e. The van der Waals surface area contributed by atoms with E-state index in [-0.39, 0.29) is 5.91 Å². The number of halogens is 1. The molecule has 0 radical (unpaired) electrons. The van der Waals surface area contributed by atoms with Crippen molar-refractivity contribution in [3.05, 3.63) is 76.7 Å². The highest BCUT2D eigenvalue weighted by Gasteiger charge is 2.12. The SMILES string of the molecule is Cc1cc2nc(-c3ccc(Cl)c(NC(=O)/C=C/c4ccco4)c3)oc2cc1C. The minimum Gasteiger partial charge on any atom is -0.465 e. The predicted octanol–water partition coefficient (Wildman–Crippen LogP) is 6.01. The van der Waals surface area contributed by atoms with Crippen LogP contribution in [-0.2, 0) is 4.79 Å². The minimum atomic E-state index is -0.320. The van der Waals surface area contributed by atoms with Gasteiger partial charge in [-0.2, -0.15) is 0 Å². The van der Waals surface area contributed by atoms with Gasteiger partial charge in [0.2, 0.25) is 11.8 Å². The standard InChI is InChI=1S/C22H17ClN2O3/c1-13-10-19-20(11-14(13)2)28-22(25-19)15-5-7-17(23)18(12-15)24-21(26)8-6-16-4-3-9-27-16/h3-12H,1-2H3,(H,24,26)/b8-6+. The summed E-state index contributed by atoms with van der Waals surface area (Å²) < 4.78 is 11.1. The van der Waals surface area contributed by atoms with Crippen LogP contribution in [0.1, 0.15) is 16.9 Å². The monoisotopic (exact) mass is 392 g/mol. The first-order valence-corrected chi connectivity index (χ1v) is 9.08. The zero-order valence-electron chi connectivity index (χ0n) is 15.3. The highest BCUT2D eigenvalue weighted by molar-refractivity contribution is 6.34. The lowest BCUT2D eigenvalue weighted by molar-refractivity contribution is -0.111. The van der Waals surface area contributed by atoms with Gasteiger partial charge in [-0.1, -0.05) is 11.6 Å². The van der Waals surface area contributed by atoms with Crippen LogP contribution in [0.15, 0.2) is 63.6 Å². The number of carbonyl (C=O) groups is 1. The van der Waals surface area contributed by atoms with Gasteiger partial charge in [0.25, 0.3) is 0 Å². The van der Waals surface area contributed by atoms with Gasteiger partial charge in [0.15, 0.2) is 5.58 Å². The summed E-state index contributed by atoms with van der Waals surface area (Å²) in [5.74, 6) is 0.740. The molecule has 0 bridgehead atoms. The summed E-state index contributed by atoms with van der Waals surface area (Å²) in [6, 6.07) is 12.7. The summed E-state index contributed by atoms with van der Waals surface area (Å²) in [5.41, 5.74) is 5.01. The van der Waals surface area contributed by atoms with Crippen LogP contribution < -0.4 is 5.32 Å². The third-order valence-corrected chi connectivity index (χ3v) is 4.75. The van der Waals surface area contributed by atoms with Crippen LogP contribution in [0.25, 0.3) is 28.6 Å². The Bertz CT molecular complexity index is 1150. The average molecular weight is 393 g/mol. The number of fused-ring (bicyclic) bond motifs is 1. The fourth-order valence-electron chi connectivity index (χ4n) is 2.78. The van der Waals surface area contributed by atoms with Crippen LogP contribution in [-0.4, -0.2) is 10.9 Å². The lowest BCUT2D eigenvalue weighted by Crippen LogP contribution is -2.08. The molecule has 0 aliphatic heterocycles. The number of furan rings is 1. The first-order chi connectivity index (χ1) is 13.5. The maximum absolute atomic E-state index is 12.2. The lowest BCUT2D eigenvalue weighted by Gasteiger charge is -2.06. The number of amides is 1. The van der Waals surface area contributed by atoms with Crippen LogP contribution in [0, 0.1) is 13.8 Å². The molecule has 0 spiro atoms. The lowest BCUT2D eigenvalue weighted by atomic mass is 10.1. The molecule has 0 fully saturated rings. The molecule has 0 saturated heterocycles. The van der Waals surface area contributed by atoms with Gasteiger partial charge in [-0.05, 0) is 73.5 Å². The molecule has 4 aromatic rings. The summed E-state index contributed by atoms with van der Waals surface area (Å²) >= 11 is 6.24. The van der Waals surface area contributed by atoms with E-state index >= 15 is 0 Å². The van der Waals surface area contributed by atoms with Crippen molar-refractivity contribution in [3.63, 3.8) is 0 Å². The zero-order chi connectivity index (χ0) is 19.7.